The van der Waals surface area contributed by atoms with E-state index in [1.165, 1.54) is 0 Å². The first kappa shape index (κ1) is 19.4. The number of nitrogens with one attached hydrogen (secondary N) is 1. The van der Waals surface area contributed by atoms with Gasteiger partial charge in [-0.25, -0.2) is 0 Å². The van der Waals surface area contributed by atoms with E-state index in [4.69, 9.17) is 4.74 Å². The quantitative estimate of drug-likeness (QED) is 0.848. The lowest BCUT2D eigenvalue weighted by Gasteiger charge is -2.30. The third-order valence-corrected chi connectivity index (χ3v) is 4.94. The van der Waals surface area contributed by atoms with Crippen LogP contribution in [0.15, 0.2) is 24.3 Å². The summed E-state index contributed by atoms with van der Waals surface area (Å²) in [4.78, 5) is 15.0. The van der Waals surface area contributed by atoms with Crippen LogP contribution in [0, 0.1) is 19.8 Å². The number of carbonyl (C=O) groups is 1. The van der Waals surface area contributed by atoms with Gasteiger partial charge in [-0.3, -0.25) is 9.48 Å². The maximum Gasteiger partial charge on any atom is 0.228 e. The minimum Gasteiger partial charge on any atom is -0.378 e. The molecule has 0 bridgehead atoms. The van der Waals surface area contributed by atoms with E-state index in [0.29, 0.717) is 12.3 Å². The number of benzene rings is 1. The van der Waals surface area contributed by atoms with Crippen LogP contribution in [-0.2, 0) is 22.5 Å². The van der Waals surface area contributed by atoms with Crippen LogP contribution in [0.4, 0.5) is 11.4 Å². The molecule has 0 atom stereocenters. The molecule has 2 aromatic rings. The zero-order chi connectivity index (χ0) is 19.4. The number of carbonyl (C=O) groups excluding carboxylic acids is 1. The molecule has 1 aliphatic rings. The molecular formula is C21H30N4O2. The highest BCUT2D eigenvalue weighted by atomic mass is 16.5. The first-order chi connectivity index (χ1) is 13.0. The smallest absolute Gasteiger partial charge is 0.228 e. The summed E-state index contributed by atoms with van der Waals surface area (Å²) in [6, 6.07) is 7.98. The number of aryl methyl sites for hydroxylation is 1. The highest BCUT2D eigenvalue weighted by molar-refractivity contribution is 5.95. The first-order valence-corrected chi connectivity index (χ1v) is 9.70. The van der Waals surface area contributed by atoms with Gasteiger partial charge in [-0.1, -0.05) is 26.0 Å². The van der Waals surface area contributed by atoms with E-state index in [9.17, 15) is 4.79 Å². The van der Waals surface area contributed by atoms with Crippen LogP contribution >= 0.6 is 0 Å². The van der Waals surface area contributed by atoms with Gasteiger partial charge in [-0.05, 0) is 31.9 Å². The summed E-state index contributed by atoms with van der Waals surface area (Å²) in [7, 11) is 0. The summed E-state index contributed by atoms with van der Waals surface area (Å²) in [5.74, 6) is 0.510. The molecule has 0 aliphatic carbocycles. The molecule has 0 saturated carbocycles. The summed E-state index contributed by atoms with van der Waals surface area (Å²) in [5.41, 5.74) is 4.95. The Kier molecular flexibility index (Phi) is 6.16. The number of hydrogen-bond donors (Lipinski definition) is 1. The van der Waals surface area contributed by atoms with Crippen LogP contribution < -0.4 is 10.2 Å². The number of rotatable bonds is 6. The predicted molar refractivity (Wildman–Crippen MR) is 108 cm³/mol. The number of nitrogens with zero attached hydrogens (tertiary/aromatic N) is 3. The molecular weight excluding hydrogens is 340 g/mol. The number of morpholine rings is 1. The summed E-state index contributed by atoms with van der Waals surface area (Å²) >= 11 is 0. The number of amides is 1. The average Bonchev–Trinajstić information content (AvgIpc) is 2.90. The second kappa shape index (κ2) is 8.57. The van der Waals surface area contributed by atoms with Crippen molar-refractivity contribution in [2.24, 2.45) is 5.92 Å². The van der Waals surface area contributed by atoms with Gasteiger partial charge in [0.25, 0.3) is 0 Å². The van der Waals surface area contributed by atoms with E-state index >= 15 is 0 Å². The maximum atomic E-state index is 12.8. The minimum absolute atomic E-state index is 0.00833. The van der Waals surface area contributed by atoms with Crippen LogP contribution in [-0.4, -0.2) is 42.0 Å². The Morgan fingerprint density at radius 3 is 2.63 bits per heavy atom. The molecule has 1 N–H and O–H groups in total. The lowest BCUT2D eigenvalue weighted by Crippen LogP contribution is -2.36. The molecule has 146 valence electrons. The van der Waals surface area contributed by atoms with E-state index in [1.807, 2.05) is 36.7 Å². The van der Waals surface area contributed by atoms with Gasteiger partial charge in [0, 0.05) is 30.9 Å². The first-order valence-electron chi connectivity index (χ1n) is 9.70. The molecule has 6 heteroatoms. The summed E-state index contributed by atoms with van der Waals surface area (Å²) in [5, 5.41) is 7.72. The Morgan fingerprint density at radius 1 is 1.22 bits per heavy atom. The monoisotopic (exact) mass is 370 g/mol. The van der Waals surface area contributed by atoms with Crippen LogP contribution in [0.3, 0.4) is 0 Å². The molecule has 0 radical (unpaired) electrons. The van der Waals surface area contributed by atoms with Crippen molar-refractivity contribution in [3.05, 3.63) is 41.2 Å². The molecule has 1 aromatic heterocycles. The van der Waals surface area contributed by atoms with E-state index in [1.54, 1.807) is 0 Å². The second-order valence-corrected chi connectivity index (χ2v) is 7.57. The molecule has 2 heterocycles. The Hall–Kier alpha value is -2.34. The van der Waals surface area contributed by atoms with Crippen molar-refractivity contribution >= 4 is 17.3 Å². The molecule has 1 amide bonds. The fourth-order valence-corrected chi connectivity index (χ4v) is 3.53. The van der Waals surface area contributed by atoms with Gasteiger partial charge >= 0.3 is 0 Å². The van der Waals surface area contributed by atoms with Crippen molar-refractivity contribution in [1.82, 2.24) is 9.78 Å². The summed E-state index contributed by atoms with van der Waals surface area (Å²) in [6.45, 7) is 12.4. The summed E-state index contributed by atoms with van der Waals surface area (Å²) < 4.78 is 7.46. The highest BCUT2D eigenvalue weighted by Crippen LogP contribution is 2.27. The van der Waals surface area contributed by atoms with Crippen molar-refractivity contribution in [2.75, 3.05) is 36.5 Å². The number of ether oxygens (including phenoxy) is 1. The summed E-state index contributed by atoms with van der Waals surface area (Å²) in [6.07, 6.45) is 0.340. The second-order valence-electron chi connectivity index (χ2n) is 7.57. The normalized spacial score (nSPS) is 14.6. The topological polar surface area (TPSA) is 59.4 Å². The minimum atomic E-state index is -0.00833. The van der Waals surface area contributed by atoms with Gasteiger partial charge in [0.1, 0.15) is 0 Å². The average molecular weight is 370 g/mol. The molecule has 1 saturated heterocycles. The van der Waals surface area contributed by atoms with Gasteiger partial charge in [0.2, 0.25) is 5.91 Å². The zero-order valence-electron chi connectivity index (χ0n) is 16.8. The molecule has 3 rings (SSSR count). The number of aromatic nitrogens is 2. The van der Waals surface area contributed by atoms with Gasteiger partial charge < -0.3 is 15.0 Å². The predicted octanol–water partition coefficient (Wildman–Crippen LogP) is 3.17. The molecule has 27 heavy (non-hydrogen) atoms. The zero-order valence-corrected chi connectivity index (χ0v) is 16.8. The molecule has 0 spiro atoms. The van der Waals surface area contributed by atoms with Gasteiger partial charge in [-0.15, -0.1) is 0 Å². The van der Waals surface area contributed by atoms with Crippen molar-refractivity contribution < 1.29 is 9.53 Å². The molecule has 6 nitrogen and oxygen atoms in total. The van der Waals surface area contributed by atoms with Gasteiger partial charge in [0.05, 0.1) is 36.7 Å². The Morgan fingerprint density at radius 2 is 1.93 bits per heavy atom. The lowest BCUT2D eigenvalue weighted by molar-refractivity contribution is -0.115. The van der Waals surface area contributed by atoms with E-state index in [2.05, 4.69) is 35.2 Å². The van der Waals surface area contributed by atoms with Crippen molar-refractivity contribution in [1.29, 1.82) is 0 Å². The standard InChI is InChI=1S/C21H30N4O2/c1-15(2)14-25-17(4)18(16(3)23-25)13-21(26)22-19-7-5-6-8-20(19)24-9-11-27-12-10-24/h5-8,15H,9-14H2,1-4H3,(H,22,26). The Bertz CT molecular complexity index is 791. The lowest BCUT2D eigenvalue weighted by atomic mass is 10.1. The van der Waals surface area contributed by atoms with Crippen LogP contribution in [0.2, 0.25) is 0 Å². The molecule has 0 unspecified atom stereocenters. The van der Waals surface area contributed by atoms with E-state index in [0.717, 1.165) is 61.2 Å². The maximum absolute atomic E-state index is 12.8. The fraction of sp³-hybridized carbons (Fsp3) is 0.524. The third kappa shape index (κ3) is 4.69. The SMILES string of the molecule is Cc1nn(CC(C)C)c(C)c1CC(=O)Nc1ccccc1N1CCOCC1. The highest BCUT2D eigenvalue weighted by Gasteiger charge is 2.18. The number of anilines is 2. The van der Waals surface area contributed by atoms with Gasteiger partial charge in [0.15, 0.2) is 0 Å². The number of hydrogen-bond acceptors (Lipinski definition) is 4. The van der Waals surface area contributed by atoms with Crippen LogP contribution in [0.5, 0.6) is 0 Å². The largest absolute Gasteiger partial charge is 0.378 e. The van der Waals surface area contributed by atoms with Crippen molar-refractivity contribution in [2.45, 2.75) is 40.7 Å². The van der Waals surface area contributed by atoms with Crippen molar-refractivity contribution in [3.63, 3.8) is 0 Å². The molecule has 1 aromatic carbocycles. The molecule has 1 aliphatic heterocycles. The fourth-order valence-electron chi connectivity index (χ4n) is 3.53. The molecule has 1 fully saturated rings. The Labute approximate surface area is 161 Å². The van der Waals surface area contributed by atoms with E-state index in [-0.39, 0.29) is 5.91 Å². The van der Waals surface area contributed by atoms with Crippen LogP contribution in [0.25, 0.3) is 0 Å². The van der Waals surface area contributed by atoms with Crippen molar-refractivity contribution in [3.8, 4) is 0 Å². The van der Waals surface area contributed by atoms with E-state index < -0.39 is 0 Å². The van der Waals surface area contributed by atoms with Crippen LogP contribution in [0.1, 0.15) is 30.8 Å². The van der Waals surface area contributed by atoms with Gasteiger partial charge in [-0.2, -0.15) is 5.10 Å². The number of para-hydroxylation sites is 2. The third-order valence-electron chi connectivity index (χ3n) is 4.94. The Balaban J connectivity index is 1.73.